The second-order valence-electron chi connectivity index (χ2n) is 3.42. The van der Waals surface area contributed by atoms with E-state index in [-0.39, 0.29) is 0 Å². The normalized spacial score (nSPS) is 10.2. The molecular formula is C14H13S. The Bertz CT molecular complexity index is 420. The Morgan fingerprint density at radius 2 is 1.73 bits per heavy atom. The largest absolute Gasteiger partial charge is 0.121 e. The summed E-state index contributed by atoms with van der Waals surface area (Å²) in [5.74, 6) is 1.02. The van der Waals surface area contributed by atoms with Crippen LogP contribution in [0.3, 0.4) is 0 Å². The zero-order valence-corrected chi connectivity index (χ0v) is 9.34. The number of hydrogen-bond acceptors (Lipinski definition) is 1. The first kappa shape index (κ1) is 10.3. The second-order valence-corrected chi connectivity index (χ2v) is 4.47. The van der Waals surface area contributed by atoms with Gasteiger partial charge in [-0.3, -0.25) is 0 Å². The summed E-state index contributed by atoms with van der Waals surface area (Å²) in [5, 5.41) is 0. The predicted molar refractivity (Wildman–Crippen MR) is 66.9 cm³/mol. The highest BCUT2D eigenvalue weighted by molar-refractivity contribution is 7.98. The van der Waals surface area contributed by atoms with E-state index in [0.717, 1.165) is 11.3 Å². The molecule has 1 radical (unpaired) electrons. The highest BCUT2D eigenvalue weighted by atomic mass is 32.2. The summed E-state index contributed by atoms with van der Waals surface area (Å²) in [7, 11) is 0. The van der Waals surface area contributed by atoms with Crippen molar-refractivity contribution in [3.63, 3.8) is 0 Å². The van der Waals surface area contributed by atoms with Gasteiger partial charge in [-0.1, -0.05) is 42.5 Å². The molecule has 2 rings (SSSR count). The average Bonchev–Trinajstić information content (AvgIpc) is 2.28. The van der Waals surface area contributed by atoms with Crippen molar-refractivity contribution in [2.45, 2.75) is 10.6 Å². The van der Waals surface area contributed by atoms with Crippen LogP contribution in [0.2, 0.25) is 0 Å². The highest BCUT2D eigenvalue weighted by Gasteiger charge is 1.95. The molecule has 0 aliphatic rings. The molecule has 0 saturated carbocycles. The van der Waals surface area contributed by atoms with Crippen molar-refractivity contribution in [2.75, 3.05) is 0 Å². The number of thioether (sulfide) groups is 1. The smallest absolute Gasteiger partial charge is 0.0231 e. The maximum atomic E-state index is 3.92. The lowest BCUT2D eigenvalue weighted by molar-refractivity contribution is 1.37. The second kappa shape index (κ2) is 5.04. The van der Waals surface area contributed by atoms with E-state index in [1.165, 1.54) is 10.5 Å². The molecule has 0 aliphatic heterocycles. The standard InChI is InChI=1S/C14H13S/c1-12-6-5-9-14(10-12)15-11-13-7-3-2-4-8-13/h2-10H,1,11H2. The minimum Gasteiger partial charge on any atom is -0.121 e. The van der Waals surface area contributed by atoms with Crippen molar-refractivity contribution < 1.29 is 0 Å². The van der Waals surface area contributed by atoms with Gasteiger partial charge in [0.1, 0.15) is 0 Å². The van der Waals surface area contributed by atoms with E-state index >= 15 is 0 Å². The molecule has 2 aromatic carbocycles. The summed E-state index contributed by atoms with van der Waals surface area (Å²) in [5.41, 5.74) is 2.44. The van der Waals surface area contributed by atoms with E-state index in [9.17, 15) is 0 Å². The highest BCUT2D eigenvalue weighted by Crippen LogP contribution is 2.23. The lowest BCUT2D eigenvalue weighted by Gasteiger charge is -2.02. The Hall–Kier alpha value is -1.21. The molecule has 0 saturated heterocycles. The predicted octanol–water partition coefficient (Wildman–Crippen LogP) is 4.16. The first-order valence-electron chi connectivity index (χ1n) is 4.93. The molecule has 75 valence electrons. The van der Waals surface area contributed by atoms with Crippen LogP contribution < -0.4 is 0 Å². The van der Waals surface area contributed by atoms with Crippen LogP contribution in [-0.4, -0.2) is 0 Å². The van der Waals surface area contributed by atoms with Gasteiger partial charge in [-0.2, -0.15) is 0 Å². The third-order valence-corrected chi connectivity index (χ3v) is 3.21. The van der Waals surface area contributed by atoms with Gasteiger partial charge in [0, 0.05) is 10.6 Å². The molecule has 0 unspecified atom stereocenters. The van der Waals surface area contributed by atoms with E-state index in [2.05, 4.69) is 49.4 Å². The average molecular weight is 213 g/mol. The lowest BCUT2D eigenvalue weighted by Crippen LogP contribution is -1.79. The van der Waals surface area contributed by atoms with Crippen molar-refractivity contribution in [2.24, 2.45) is 0 Å². The molecule has 0 spiro atoms. The molecule has 0 atom stereocenters. The Morgan fingerprint density at radius 1 is 0.933 bits per heavy atom. The van der Waals surface area contributed by atoms with Gasteiger partial charge in [-0.05, 0) is 30.2 Å². The summed E-state index contributed by atoms with van der Waals surface area (Å²) in [6, 6.07) is 18.8. The van der Waals surface area contributed by atoms with Crippen LogP contribution in [0.25, 0.3) is 0 Å². The van der Waals surface area contributed by atoms with Crippen LogP contribution in [0.5, 0.6) is 0 Å². The molecule has 0 aliphatic carbocycles. The van der Waals surface area contributed by atoms with Crippen LogP contribution in [0, 0.1) is 6.92 Å². The maximum absolute atomic E-state index is 3.92. The molecule has 0 N–H and O–H groups in total. The van der Waals surface area contributed by atoms with Gasteiger partial charge in [0.2, 0.25) is 0 Å². The van der Waals surface area contributed by atoms with Gasteiger partial charge in [-0.15, -0.1) is 11.8 Å². The Morgan fingerprint density at radius 3 is 2.47 bits per heavy atom. The minimum atomic E-state index is 1.02. The van der Waals surface area contributed by atoms with E-state index in [0.29, 0.717) is 0 Å². The fourth-order valence-corrected chi connectivity index (χ4v) is 2.31. The molecule has 1 heteroatoms. The van der Waals surface area contributed by atoms with Gasteiger partial charge >= 0.3 is 0 Å². The van der Waals surface area contributed by atoms with Gasteiger partial charge in [0.05, 0.1) is 0 Å². The zero-order chi connectivity index (χ0) is 10.5. The Labute approximate surface area is 95.3 Å². The van der Waals surface area contributed by atoms with Crippen LogP contribution in [0.4, 0.5) is 0 Å². The molecule has 0 aromatic heterocycles. The fraction of sp³-hybridized carbons (Fsp3) is 0.0714. The van der Waals surface area contributed by atoms with Gasteiger partial charge in [0.15, 0.2) is 0 Å². The molecule has 0 heterocycles. The fourth-order valence-electron chi connectivity index (χ4n) is 1.38. The van der Waals surface area contributed by atoms with Crippen LogP contribution in [0.15, 0.2) is 59.5 Å². The van der Waals surface area contributed by atoms with Gasteiger partial charge in [-0.25, -0.2) is 0 Å². The molecular weight excluding hydrogens is 200 g/mol. The van der Waals surface area contributed by atoms with Crippen molar-refractivity contribution in [1.82, 2.24) is 0 Å². The minimum absolute atomic E-state index is 1.02. The van der Waals surface area contributed by atoms with Gasteiger partial charge < -0.3 is 0 Å². The number of benzene rings is 2. The molecule has 0 amide bonds. The van der Waals surface area contributed by atoms with E-state index in [4.69, 9.17) is 0 Å². The topological polar surface area (TPSA) is 0 Å². The molecule has 15 heavy (non-hydrogen) atoms. The van der Waals surface area contributed by atoms with Crippen LogP contribution >= 0.6 is 11.8 Å². The summed E-state index contributed by atoms with van der Waals surface area (Å²) >= 11 is 1.85. The number of hydrogen-bond donors (Lipinski definition) is 0. The van der Waals surface area contributed by atoms with Crippen molar-refractivity contribution >= 4 is 11.8 Å². The summed E-state index contributed by atoms with van der Waals surface area (Å²) in [6.45, 7) is 3.92. The molecule has 0 nitrogen and oxygen atoms in total. The quantitative estimate of drug-likeness (QED) is 0.690. The first-order chi connectivity index (χ1) is 7.34. The monoisotopic (exact) mass is 213 g/mol. The van der Waals surface area contributed by atoms with Crippen molar-refractivity contribution in [1.29, 1.82) is 0 Å². The summed E-state index contributed by atoms with van der Waals surface area (Å²) < 4.78 is 0. The summed E-state index contributed by atoms with van der Waals surface area (Å²) in [4.78, 5) is 1.28. The number of rotatable bonds is 3. The molecule has 0 fully saturated rings. The van der Waals surface area contributed by atoms with E-state index in [1.807, 2.05) is 23.9 Å². The molecule has 0 bridgehead atoms. The SMILES string of the molecule is [CH2]c1cccc(SCc2ccccc2)c1. The third kappa shape index (κ3) is 3.14. The Balaban J connectivity index is 1.99. The van der Waals surface area contributed by atoms with Crippen molar-refractivity contribution in [3.8, 4) is 0 Å². The van der Waals surface area contributed by atoms with Crippen LogP contribution in [-0.2, 0) is 5.75 Å². The maximum Gasteiger partial charge on any atom is 0.0231 e. The van der Waals surface area contributed by atoms with Gasteiger partial charge in [0.25, 0.3) is 0 Å². The van der Waals surface area contributed by atoms with Crippen LogP contribution in [0.1, 0.15) is 11.1 Å². The van der Waals surface area contributed by atoms with E-state index < -0.39 is 0 Å². The zero-order valence-electron chi connectivity index (χ0n) is 8.52. The first-order valence-corrected chi connectivity index (χ1v) is 5.92. The summed E-state index contributed by atoms with van der Waals surface area (Å²) in [6.07, 6.45) is 0. The third-order valence-electron chi connectivity index (χ3n) is 2.15. The lowest BCUT2D eigenvalue weighted by atomic mass is 10.2. The Kier molecular flexibility index (Phi) is 3.46. The van der Waals surface area contributed by atoms with Crippen molar-refractivity contribution in [3.05, 3.63) is 72.6 Å². The molecule has 2 aromatic rings. The van der Waals surface area contributed by atoms with E-state index in [1.54, 1.807) is 0 Å².